The lowest BCUT2D eigenvalue weighted by atomic mass is 9.80. The summed E-state index contributed by atoms with van der Waals surface area (Å²) in [6, 6.07) is 7.70. The Morgan fingerprint density at radius 2 is 2.12 bits per heavy atom. The van der Waals surface area contributed by atoms with Gasteiger partial charge in [0.15, 0.2) is 0 Å². The van der Waals surface area contributed by atoms with E-state index in [1.165, 1.54) is 0 Å². The third-order valence-corrected chi connectivity index (χ3v) is 6.04. The molecule has 0 radical (unpaired) electrons. The summed E-state index contributed by atoms with van der Waals surface area (Å²) in [7, 11) is 0. The van der Waals surface area contributed by atoms with Crippen LogP contribution >= 0.6 is 11.6 Å². The van der Waals surface area contributed by atoms with E-state index in [0.717, 1.165) is 24.8 Å². The molecule has 4 nitrogen and oxygen atoms in total. The molecular weight excluding hydrogens is 350 g/mol. The van der Waals surface area contributed by atoms with Gasteiger partial charge in [-0.2, -0.15) is 0 Å². The van der Waals surface area contributed by atoms with Crippen molar-refractivity contribution in [1.29, 1.82) is 0 Å². The molecule has 2 atom stereocenters. The average molecular weight is 380 g/mol. The van der Waals surface area contributed by atoms with Gasteiger partial charge < -0.3 is 14.7 Å². The molecule has 0 bridgehead atoms. The van der Waals surface area contributed by atoms with Crippen molar-refractivity contribution in [2.45, 2.75) is 70.2 Å². The van der Waals surface area contributed by atoms with E-state index in [1.807, 2.05) is 29.2 Å². The molecule has 144 valence electrons. The first kappa shape index (κ1) is 19.7. The van der Waals surface area contributed by atoms with Crippen molar-refractivity contribution < 1.29 is 14.6 Å². The van der Waals surface area contributed by atoms with Crippen molar-refractivity contribution in [2.75, 3.05) is 13.1 Å². The van der Waals surface area contributed by atoms with Crippen molar-refractivity contribution in [3.63, 3.8) is 0 Å². The van der Waals surface area contributed by atoms with Crippen LogP contribution in [-0.4, -0.2) is 46.8 Å². The van der Waals surface area contributed by atoms with Crippen LogP contribution in [0.2, 0.25) is 5.02 Å². The third-order valence-electron chi connectivity index (χ3n) is 5.80. The van der Waals surface area contributed by atoms with Gasteiger partial charge in [0.2, 0.25) is 5.91 Å². The molecule has 0 aliphatic carbocycles. The van der Waals surface area contributed by atoms with Crippen LogP contribution in [0.3, 0.4) is 0 Å². The van der Waals surface area contributed by atoms with E-state index in [-0.39, 0.29) is 23.7 Å². The zero-order chi connectivity index (χ0) is 18.7. The fraction of sp³-hybridized carbons (Fsp3) is 0.667. The van der Waals surface area contributed by atoms with Gasteiger partial charge in [0.05, 0.1) is 17.8 Å². The second-order valence-electron chi connectivity index (χ2n) is 8.19. The minimum Gasteiger partial charge on any atom is -0.393 e. The Kier molecular flexibility index (Phi) is 6.26. The van der Waals surface area contributed by atoms with Crippen molar-refractivity contribution >= 4 is 17.5 Å². The van der Waals surface area contributed by atoms with Gasteiger partial charge in [-0.3, -0.25) is 4.79 Å². The molecule has 2 aliphatic rings. The first-order valence-electron chi connectivity index (χ1n) is 9.75. The molecule has 0 unspecified atom stereocenters. The van der Waals surface area contributed by atoms with E-state index in [0.29, 0.717) is 43.3 Å². The first-order chi connectivity index (χ1) is 12.4. The number of piperidine rings is 1. The summed E-state index contributed by atoms with van der Waals surface area (Å²) in [5.41, 5.74) is 0.842. The highest BCUT2D eigenvalue weighted by atomic mass is 35.5. The van der Waals surface area contributed by atoms with Gasteiger partial charge in [-0.05, 0) is 49.3 Å². The van der Waals surface area contributed by atoms with E-state index in [2.05, 4.69) is 13.8 Å². The molecule has 2 aliphatic heterocycles. The van der Waals surface area contributed by atoms with E-state index >= 15 is 0 Å². The molecule has 1 amide bonds. The molecule has 0 aromatic heterocycles. The maximum Gasteiger partial charge on any atom is 0.222 e. The molecule has 1 aromatic rings. The number of carbonyl (C=O) groups is 1. The van der Waals surface area contributed by atoms with Crippen molar-refractivity contribution in [3.8, 4) is 0 Å². The number of carbonyl (C=O) groups excluding carboxylic acids is 1. The summed E-state index contributed by atoms with van der Waals surface area (Å²) in [6.45, 7) is 5.72. The van der Waals surface area contributed by atoms with Gasteiger partial charge in [0, 0.05) is 31.0 Å². The zero-order valence-electron chi connectivity index (χ0n) is 15.8. The maximum absolute atomic E-state index is 12.6. The predicted octanol–water partition coefficient (Wildman–Crippen LogP) is 3.83. The van der Waals surface area contributed by atoms with Gasteiger partial charge in [0.1, 0.15) is 0 Å². The Morgan fingerprint density at radius 1 is 1.38 bits per heavy atom. The third kappa shape index (κ3) is 4.79. The average Bonchev–Trinajstić information content (AvgIpc) is 2.60. The quantitative estimate of drug-likeness (QED) is 0.864. The van der Waals surface area contributed by atoms with E-state index in [1.54, 1.807) is 0 Å². The molecule has 1 aromatic carbocycles. The van der Waals surface area contributed by atoms with Crippen molar-refractivity contribution in [2.24, 2.45) is 5.92 Å². The number of ether oxygens (including phenoxy) is 1. The number of aliphatic hydroxyl groups is 1. The number of nitrogens with zero attached hydrogens (tertiary/aromatic N) is 1. The van der Waals surface area contributed by atoms with Crippen LogP contribution in [-0.2, 0) is 16.0 Å². The summed E-state index contributed by atoms with van der Waals surface area (Å²) in [5, 5.41) is 11.0. The van der Waals surface area contributed by atoms with Crippen LogP contribution in [0.5, 0.6) is 0 Å². The van der Waals surface area contributed by atoms with Crippen LogP contribution < -0.4 is 0 Å². The fourth-order valence-electron chi connectivity index (χ4n) is 4.19. The lowest BCUT2D eigenvalue weighted by Crippen LogP contribution is -2.54. The van der Waals surface area contributed by atoms with Crippen LogP contribution in [0, 0.1) is 5.92 Å². The Balaban J connectivity index is 1.52. The predicted molar refractivity (Wildman–Crippen MR) is 103 cm³/mol. The highest BCUT2D eigenvalue weighted by Gasteiger charge is 2.44. The standard InChI is InChI=1S/C21H30ClNO3/c1-15(2)19-13-18(24)14-21(26-19)8-10-23(11-9-21)20(25)7-6-16-4-3-5-17(22)12-16/h3-5,12,15,18-19,24H,6-11,13-14H2,1-2H3/t18-,19-/m1/s1. The molecule has 0 saturated carbocycles. The first-order valence-corrected chi connectivity index (χ1v) is 10.1. The molecule has 26 heavy (non-hydrogen) atoms. The molecule has 3 rings (SSSR count). The van der Waals surface area contributed by atoms with E-state index in [9.17, 15) is 9.90 Å². The number of hydrogen-bond donors (Lipinski definition) is 1. The number of hydrogen-bond acceptors (Lipinski definition) is 3. The van der Waals surface area contributed by atoms with Crippen molar-refractivity contribution in [1.82, 2.24) is 4.90 Å². The number of amides is 1. The molecule has 2 fully saturated rings. The van der Waals surface area contributed by atoms with Crippen LogP contribution in [0.1, 0.15) is 51.5 Å². The van der Waals surface area contributed by atoms with E-state index < -0.39 is 0 Å². The van der Waals surface area contributed by atoms with Gasteiger partial charge in [-0.1, -0.05) is 37.6 Å². The van der Waals surface area contributed by atoms with Crippen LogP contribution in [0.15, 0.2) is 24.3 Å². The molecule has 2 heterocycles. The van der Waals surface area contributed by atoms with Crippen LogP contribution in [0.4, 0.5) is 0 Å². The molecule has 1 spiro atoms. The number of aryl methyl sites for hydroxylation is 1. The SMILES string of the molecule is CC(C)[C@H]1C[C@@H](O)CC2(CCN(C(=O)CCc3cccc(Cl)c3)CC2)O1. The number of halogens is 1. The number of aliphatic hydroxyl groups excluding tert-OH is 1. The summed E-state index contributed by atoms with van der Waals surface area (Å²) in [6.07, 6.45) is 4.09. The summed E-state index contributed by atoms with van der Waals surface area (Å²) in [5.74, 6) is 0.593. The summed E-state index contributed by atoms with van der Waals surface area (Å²) < 4.78 is 6.40. The van der Waals surface area contributed by atoms with Gasteiger partial charge in [-0.25, -0.2) is 0 Å². The Bertz CT molecular complexity index is 625. The van der Waals surface area contributed by atoms with Gasteiger partial charge in [-0.15, -0.1) is 0 Å². The lowest BCUT2D eigenvalue weighted by molar-refractivity contribution is -0.193. The smallest absolute Gasteiger partial charge is 0.222 e. The minimum atomic E-state index is -0.291. The van der Waals surface area contributed by atoms with Gasteiger partial charge >= 0.3 is 0 Å². The highest BCUT2D eigenvalue weighted by Crippen LogP contribution is 2.39. The largest absolute Gasteiger partial charge is 0.393 e. The Labute approximate surface area is 161 Å². The summed E-state index contributed by atoms with van der Waals surface area (Å²) in [4.78, 5) is 14.5. The van der Waals surface area contributed by atoms with Crippen LogP contribution in [0.25, 0.3) is 0 Å². The van der Waals surface area contributed by atoms with Crippen molar-refractivity contribution in [3.05, 3.63) is 34.9 Å². The molecule has 5 heteroatoms. The lowest BCUT2D eigenvalue weighted by Gasteiger charge is -2.48. The maximum atomic E-state index is 12.6. The monoisotopic (exact) mass is 379 g/mol. The fourth-order valence-corrected chi connectivity index (χ4v) is 4.41. The normalized spacial score (nSPS) is 25.7. The Morgan fingerprint density at radius 3 is 2.77 bits per heavy atom. The zero-order valence-corrected chi connectivity index (χ0v) is 16.5. The topological polar surface area (TPSA) is 49.8 Å². The second-order valence-corrected chi connectivity index (χ2v) is 8.62. The summed E-state index contributed by atoms with van der Waals surface area (Å²) >= 11 is 6.01. The number of likely N-dealkylation sites (tertiary alicyclic amines) is 1. The second kappa shape index (κ2) is 8.28. The van der Waals surface area contributed by atoms with Gasteiger partial charge in [0.25, 0.3) is 0 Å². The molecular formula is C21H30ClNO3. The Hall–Kier alpha value is -1.10. The minimum absolute atomic E-state index is 0.115. The number of benzene rings is 1. The van der Waals surface area contributed by atoms with E-state index in [4.69, 9.17) is 16.3 Å². The molecule has 1 N–H and O–H groups in total. The molecule has 2 saturated heterocycles. The highest BCUT2D eigenvalue weighted by molar-refractivity contribution is 6.30. The number of rotatable bonds is 4.